The number of hydrogen-bond acceptors (Lipinski definition) is 4. The van der Waals surface area contributed by atoms with Crippen molar-refractivity contribution in [3.05, 3.63) is 29.8 Å². The van der Waals surface area contributed by atoms with E-state index in [1.54, 1.807) is 0 Å². The van der Waals surface area contributed by atoms with Crippen molar-refractivity contribution in [3.63, 3.8) is 0 Å². The van der Waals surface area contributed by atoms with E-state index in [2.05, 4.69) is 5.32 Å². The van der Waals surface area contributed by atoms with Crippen molar-refractivity contribution in [2.24, 2.45) is 0 Å². The van der Waals surface area contributed by atoms with E-state index in [0.717, 1.165) is 31.4 Å². The van der Waals surface area contributed by atoms with Gasteiger partial charge in [-0.1, -0.05) is 6.92 Å². The van der Waals surface area contributed by atoms with Crippen molar-refractivity contribution in [2.75, 3.05) is 32.8 Å². The monoisotopic (exact) mass is 445 g/mol. The van der Waals surface area contributed by atoms with E-state index in [0.29, 0.717) is 38.7 Å². The molecule has 10 heteroatoms. The molecule has 2 saturated heterocycles. The Bertz CT molecular complexity index is 838. The van der Waals surface area contributed by atoms with Gasteiger partial charge in [-0.15, -0.1) is 0 Å². The molecule has 2 amide bonds. The first-order chi connectivity index (χ1) is 14.3. The van der Waals surface area contributed by atoms with Crippen molar-refractivity contribution >= 4 is 16.1 Å². The van der Waals surface area contributed by atoms with Gasteiger partial charge in [0, 0.05) is 51.0 Å². The number of halogens is 2. The number of urea groups is 1. The van der Waals surface area contributed by atoms with Crippen molar-refractivity contribution < 1.29 is 26.7 Å². The summed E-state index contributed by atoms with van der Waals surface area (Å²) in [5.74, 6) is -1.92. The maximum Gasteiger partial charge on any atom is 0.317 e. The summed E-state index contributed by atoms with van der Waals surface area (Å²) in [4.78, 5) is 14.2. The zero-order valence-electron chi connectivity index (χ0n) is 17.1. The van der Waals surface area contributed by atoms with Gasteiger partial charge < -0.3 is 15.0 Å². The summed E-state index contributed by atoms with van der Waals surface area (Å²) in [6, 6.07) is 2.29. The van der Waals surface area contributed by atoms with Crippen LogP contribution in [0, 0.1) is 11.6 Å². The highest BCUT2D eigenvalue weighted by atomic mass is 32.2. The zero-order valence-corrected chi connectivity index (χ0v) is 18.0. The number of carbonyl (C=O) groups is 1. The molecule has 0 radical (unpaired) electrons. The largest absolute Gasteiger partial charge is 0.381 e. The van der Waals surface area contributed by atoms with Crippen LogP contribution in [0.2, 0.25) is 0 Å². The van der Waals surface area contributed by atoms with Gasteiger partial charge in [-0.2, -0.15) is 4.31 Å². The lowest BCUT2D eigenvalue weighted by Crippen LogP contribution is -2.56. The Hall–Kier alpha value is -1.78. The van der Waals surface area contributed by atoms with Crippen LogP contribution in [-0.4, -0.2) is 68.6 Å². The molecule has 0 aliphatic carbocycles. The van der Waals surface area contributed by atoms with E-state index in [9.17, 15) is 22.0 Å². The van der Waals surface area contributed by atoms with Gasteiger partial charge in [-0.25, -0.2) is 22.0 Å². The minimum absolute atomic E-state index is 0.0540. The summed E-state index contributed by atoms with van der Waals surface area (Å²) in [5.41, 5.74) is 0. The van der Waals surface area contributed by atoms with E-state index in [-0.39, 0.29) is 31.2 Å². The Balaban J connectivity index is 1.71. The average molecular weight is 446 g/mol. The third-order valence-electron chi connectivity index (χ3n) is 5.67. The number of sulfonamides is 1. The highest BCUT2D eigenvalue weighted by Gasteiger charge is 2.37. The molecule has 2 aliphatic heterocycles. The van der Waals surface area contributed by atoms with Crippen LogP contribution in [0.1, 0.15) is 39.0 Å². The molecule has 0 aromatic heterocycles. The molecule has 1 aromatic rings. The molecule has 2 aliphatic rings. The third kappa shape index (κ3) is 5.09. The number of amides is 2. The van der Waals surface area contributed by atoms with Gasteiger partial charge in [0.1, 0.15) is 16.5 Å². The summed E-state index contributed by atoms with van der Waals surface area (Å²) >= 11 is 0. The zero-order chi connectivity index (χ0) is 21.7. The molecule has 1 aromatic carbocycles. The smallest absolute Gasteiger partial charge is 0.317 e. The summed E-state index contributed by atoms with van der Waals surface area (Å²) in [6.45, 7) is 4.10. The lowest BCUT2D eigenvalue weighted by molar-refractivity contribution is 0.0255. The molecule has 0 unspecified atom stereocenters. The molecular weight excluding hydrogens is 416 g/mol. The highest BCUT2D eigenvalue weighted by Crippen LogP contribution is 2.28. The highest BCUT2D eigenvalue weighted by molar-refractivity contribution is 7.89. The molecule has 3 rings (SSSR count). The van der Waals surface area contributed by atoms with Gasteiger partial charge in [0.05, 0.1) is 0 Å². The molecule has 0 bridgehead atoms. The second-order valence-electron chi connectivity index (χ2n) is 7.69. The molecule has 0 atom stereocenters. The predicted octanol–water partition coefficient (Wildman–Crippen LogP) is 2.72. The van der Waals surface area contributed by atoms with E-state index < -0.39 is 26.6 Å². The minimum atomic E-state index is -4.07. The lowest BCUT2D eigenvalue weighted by atomic mass is 9.99. The Morgan fingerprint density at radius 2 is 1.80 bits per heavy atom. The predicted molar refractivity (Wildman–Crippen MR) is 108 cm³/mol. The van der Waals surface area contributed by atoms with Crippen LogP contribution in [0.5, 0.6) is 0 Å². The van der Waals surface area contributed by atoms with Gasteiger partial charge >= 0.3 is 6.03 Å². The van der Waals surface area contributed by atoms with E-state index in [1.807, 2.05) is 11.8 Å². The Morgan fingerprint density at radius 1 is 1.17 bits per heavy atom. The number of nitrogens with zero attached hydrogens (tertiary/aromatic N) is 2. The van der Waals surface area contributed by atoms with Crippen LogP contribution in [-0.2, 0) is 14.8 Å². The van der Waals surface area contributed by atoms with Gasteiger partial charge in [0.15, 0.2) is 0 Å². The van der Waals surface area contributed by atoms with Crippen LogP contribution in [0.4, 0.5) is 13.6 Å². The first-order valence-electron chi connectivity index (χ1n) is 10.4. The number of carbonyl (C=O) groups excluding carboxylic acids is 1. The van der Waals surface area contributed by atoms with Gasteiger partial charge in [0.2, 0.25) is 10.0 Å². The first kappa shape index (κ1) is 22.9. The fourth-order valence-corrected chi connectivity index (χ4v) is 5.62. The maximum atomic E-state index is 14.1. The number of benzene rings is 1. The summed E-state index contributed by atoms with van der Waals surface area (Å²) in [5, 5.41) is 2.94. The molecule has 0 spiro atoms. The maximum absolute atomic E-state index is 14.1. The summed E-state index contributed by atoms with van der Waals surface area (Å²) in [7, 11) is -4.07. The average Bonchev–Trinajstić information content (AvgIpc) is 2.73. The van der Waals surface area contributed by atoms with Crippen molar-refractivity contribution in [2.45, 2.75) is 56.0 Å². The fourth-order valence-electron chi connectivity index (χ4n) is 4.10. The number of rotatable bonds is 6. The van der Waals surface area contributed by atoms with Crippen molar-refractivity contribution in [1.29, 1.82) is 0 Å². The van der Waals surface area contributed by atoms with Gasteiger partial charge in [-0.05, 0) is 44.2 Å². The number of hydrogen-bond donors (Lipinski definition) is 1. The normalized spacial score (nSPS) is 19.6. The van der Waals surface area contributed by atoms with Crippen molar-refractivity contribution in [1.82, 2.24) is 14.5 Å². The topological polar surface area (TPSA) is 79.0 Å². The molecule has 168 valence electrons. The standard InChI is InChI=1S/C20H29F2N3O4S/c1-2-9-23-20(26)25(17-7-12-29-13-8-17)16-5-10-24(11-6-16)30(27,28)19-4-3-15(21)14-18(19)22/h3-4,14,16-17H,2,5-13H2,1H3,(H,23,26). The molecule has 30 heavy (non-hydrogen) atoms. The third-order valence-corrected chi connectivity index (χ3v) is 7.61. The Morgan fingerprint density at radius 3 is 2.40 bits per heavy atom. The van der Waals surface area contributed by atoms with Crippen LogP contribution < -0.4 is 5.32 Å². The minimum Gasteiger partial charge on any atom is -0.381 e. The molecule has 2 heterocycles. The Labute approximate surface area is 176 Å². The quantitative estimate of drug-likeness (QED) is 0.730. The molecular formula is C20H29F2N3O4S. The van der Waals surface area contributed by atoms with Crippen LogP contribution in [0.15, 0.2) is 23.1 Å². The molecule has 1 N–H and O–H groups in total. The molecule has 2 fully saturated rings. The van der Waals surface area contributed by atoms with E-state index in [4.69, 9.17) is 4.74 Å². The Kier molecular flexibility index (Phi) is 7.65. The SMILES string of the molecule is CCCNC(=O)N(C1CCOCC1)C1CCN(S(=O)(=O)c2ccc(F)cc2F)CC1. The van der Waals surface area contributed by atoms with E-state index in [1.165, 1.54) is 4.31 Å². The van der Waals surface area contributed by atoms with Gasteiger partial charge in [-0.3, -0.25) is 0 Å². The van der Waals surface area contributed by atoms with Crippen LogP contribution in [0.3, 0.4) is 0 Å². The second kappa shape index (κ2) is 10.0. The number of nitrogens with one attached hydrogen (secondary N) is 1. The van der Waals surface area contributed by atoms with Crippen molar-refractivity contribution in [3.8, 4) is 0 Å². The summed E-state index contributed by atoms with van der Waals surface area (Å²) < 4.78 is 59.5. The second-order valence-corrected chi connectivity index (χ2v) is 9.60. The number of ether oxygens (including phenoxy) is 1. The lowest BCUT2D eigenvalue weighted by Gasteiger charge is -2.43. The molecule has 0 saturated carbocycles. The fraction of sp³-hybridized carbons (Fsp3) is 0.650. The van der Waals surface area contributed by atoms with E-state index >= 15 is 0 Å². The summed E-state index contributed by atoms with van der Waals surface area (Å²) in [6.07, 6.45) is 3.24. The molecule has 7 nitrogen and oxygen atoms in total. The van der Waals surface area contributed by atoms with Crippen LogP contribution in [0.25, 0.3) is 0 Å². The first-order valence-corrected chi connectivity index (χ1v) is 11.9. The van der Waals surface area contributed by atoms with Gasteiger partial charge in [0.25, 0.3) is 0 Å². The number of piperidine rings is 1. The van der Waals surface area contributed by atoms with Crippen LogP contribution >= 0.6 is 0 Å².